The second-order valence-corrected chi connectivity index (χ2v) is 15.1. The van der Waals surface area contributed by atoms with Gasteiger partial charge in [-0.05, 0) is 89.5 Å². The minimum absolute atomic E-state index is 0.202. The third-order valence-corrected chi connectivity index (χ3v) is 10.1. The van der Waals surface area contributed by atoms with Gasteiger partial charge in [-0.25, -0.2) is 9.52 Å². The molecule has 1 aliphatic carbocycles. The van der Waals surface area contributed by atoms with Gasteiger partial charge in [-0.3, -0.25) is 18.7 Å². The predicted octanol–water partition coefficient (Wildman–Crippen LogP) is 4.51. The summed E-state index contributed by atoms with van der Waals surface area (Å²) in [5.74, 6) is -1.69. The first kappa shape index (κ1) is 33.8. The number of amides is 3. The standard InChI is InChI=1S/C31H43ClN4O7S/c1-30(2,3)43-29(40)33-24-12-9-7-5-6-8-11-21-19-31(21,20-26(37)25-13-10-18-36(25)27(24)38)28(39)34-44(41,42)35(4)23-16-14-22(32)15-17-23/h8,11,14-17,21,24-25H,5-7,9-10,12-13,18-20H2,1-4H3,(H,33,40)(H,34,39)/b11-8-/t21-,24+,25+,31-/m1/s1. The maximum atomic E-state index is 13.8. The van der Waals surface area contributed by atoms with Crippen LogP contribution in [0.4, 0.5) is 10.5 Å². The molecular formula is C31H43ClN4O7S. The molecule has 1 saturated heterocycles. The molecule has 3 amide bonds. The van der Waals surface area contributed by atoms with Gasteiger partial charge in [0.15, 0.2) is 5.78 Å². The zero-order valence-corrected chi connectivity index (χ0v) is 27.4. The summed E-state index contributed by atoms with van der Waals surface area (Å²) in [5, 5.41) is 3.16. The monoisotopic (exact) mass is 650 g/mol. The van der Waals surface area contributed by atoms with E-state index in [0.717, 1.165) is 23.6 Å². The van der Waals surface area contributed by atoms with Gasteiger partial charge in [-0.1, -0.05) is 36.6 Å². The Hall–Kier alpha value is -3.12. The Balaban J connectivity index is 1.55. The Kier molecular flexibility index (Phi) is 10.3. The summed E-state index contributed by atoms with van der Waals surface area (Å²) in [6, 6.07) is 4.53. The third-order valence-electron chi connectivity index (χ3n) is 8.48. The second-order valence-electron chi connectivity index (χ2n) is 12.9. The van der Waals surface area contributed by atoms with Gasteiger partial charge >= 0.3 is 16.3 Å². The molecule has 1 aromatic rings. The first-order valence-corrected chi connectivity index (χ1v) is 17.0. The number of nitrogens with zero attached hydrogens (tertiary/aromatic N) is 2. The molecule has 0 radical (unpaired) electrons. The second kappa shape index (κ2) is 13.5. The fourth-order valence-corrected chi connectivity index (χ4v) is 7.06. The number of hydrogen-bond acceptors (Lipinski definition) is 7. The van der Waals surface area contributed by atoms with Crippen LogP contribution in [0.15, 0.2) is 36.4 Å². The average molecular weight is 651 g/mol. The number of benzene rings is 1. The van der Waals surface area contributed by atoms with Crippen LogP contribution >= 0.6 is 11.6 Å². The highest BCUT2D eigenvalue weighted by Crippen LogP contribution is 2.57. The Morgan fingerprint density at radius 2 is 1.77 bits per heavy atom. The SMILES string of the molecule is CN(c1ccc(Cl)cc1)S(=O)(=O)NC(=O)[C@]12CC(=O)[C@@H]3CCCN3C(=O)[C@@H](NC(=O)OC(C)(C)C)CCCCC/C=C\[C@@H]1C2. The Morgan fingerprint density at radius 1 is 1.07 bits per heavy atom. The van der Waals surface area contributed by atoms with E-state index in [9.17, 15) is 27.6 Å². The van der Waals surface area contributed by atoms with E-state index in [4.69, 9.17) is 16.3 Å². The van der Waals surface area contributed by atoms with Crippen molar-refractivity contribution in [2.75, 3.05) is 17.9 Å². The van der Waals surface area contributed by atoms with Crippen LogP contribution in [-0.4, -0.2) is 68.3 Å². The Morgan fingerprint density at radius 3 is 2.45 bits per heavy atom. The quantitative estimate of drug-likeness (QED) is 0.447. The van der Waals surface area contributed by atoms with Crippen molar-refractivity contribution in [2.45, 2.75) is 96.2 Å². The lowest BCUT2D eigenvalue weighted by atomic mass is 9.91. The van der Waals surface area contributed by atoms with Crippen LogP contribution in [-0.2, 0) is 29.3 Å². The number of nitrogens with one attached hydrogen (secondary N) is 2. The summed E-state index contributed by atoms with van der Waals surface area (Å²) in [4.78, 5) is 55.4. The van der Waals surface area contributed by atoms with Crippen LogP contribution in [0.5, 0.6) is 0 Å². The lowest BCUT2D eigenvalue weighted by molar-refractivity contribution is -0.140. The summed E-state index contributed by atoms with van der Waals surface area (Å²) in [6.07, 6.45) is 7.83. The van der Waals surface area contributed by atoms with E-state index in [2.05, 4.69) is 10.0 Å². The van der Waals surface area contributed by atoms with Crippen LogP contribution < -0.4 is 14.3 Å². The molecule has 0 aromatic heterocycles. The highest BCUT2D eigenvalue weighted by Gasteiger charge is 2.61. The number of anilines is 1. The van der Waals surface area contributed by atoms with E-state index in [0.29, 0.717) is 49.4 Å². The minimum atomic E-state index is -4.29. The fraction of sp³-hybridized carbons (Fsp3) is 0.613. The molecule has 0 bridgehead atoms. The predicted molar refractivity (Wildman–Crippen MR) is 167 cm³/mol. The number of ketones is 1. The van der Waals surface area contributed by atoms with Gasteiger partial charge in [0.2, 0.25) is 11.8 Å². The number of carbonyl (C=O) groups is 4. The van der Waals surface area contributed by atoms with Gasteiger partial charge in [-0.2, -0.15) is 8.42 Å². The molecule has 0 spiro atoms. The molecule has 11 nitrogen and oxygen atoms in total. The molecule has 1 saturated carbocycles. The van der Waals surface area contributed by atoms with Gasteiger partial charge in [0.05, 0.1) is 17.1 Å². The van der Waals surface area contributed by atoms with Crippen molar-refractivity contribution in [2.24, 2.45) is 11.3 Å². The van der Waals surface area contributed by atoms with E-state index in [1.807, 2.05) is 12.2 Å². The van der Waals surface area contributed by atoms with Crippen molar-refractivity contribution in [3.05, 3.63) is 41.4 Å². The molecule has 4 atom stereocenters. The molecule has 2 N–H and O–H groups in total. The first-order chi connectivity index (χ1) is 20.6. The number of allylic oxidation sites excluding steroid dienone is 2. The van der Waals surface area contributed by atoms with Crippen molar-refractivity contribution in [3.8, 4) is 0 Å². The number of ether oxygens (including phenoxy) is 1. The number of hydrogen-bond donors (Lipinski definition) is 2. The van der Waals surface area contributed by atoms with Gasteiger partial charge in [0, 0.05) is 25.0 Å². The van der Waals surface area contributed by atoms with Crippen LogP contribution in [0, 0.1) is 11.3 Å². The molecule has 13 heteroatoms. The molecule has 242 valence electrons. The average Bonchev–Trinajstić information content (AvgIpc) is 3.40. The number of alkyl carbamates (subject to hydrolysis) is 1. The third kappa shape index (κ3) is 8.12. The lowest BCUT2D eigenvalue weighted by Crippen LogP contribution is -2.53. The van der Waals surface area contributed by atoms with E-state index in [1.165, 1.54) is 24.1 Å². The maximum absolute atomic E-state index is 13.8. The van der Waals surface area contributed by atoms with Crippen molar-refractivity contribution < 1.29 is 32.3 Å². The molecule has 4 rings (SSSR count). The molecule has 1 aromatic carbocycles. The molecule has 2 fully saturated rings. The van der Waals surface area contributed by atoms with Gasteiger partial charge < -0.3 is 15.0 Å². The molecule has 2 aliphatic heterocycles. The summed E-state index contributed by atoms with van der Waals surface area (Å²) in [5.41, 5.74) is -1.67. The highest BCUT2D eigenvalue weighted by atomic mass is 35.5. The normalized spacial score (nSPS) is 27.2. The Bertz CT molecular complexity index is 1390. The summed E-state index contributed by atoms with van der Waals surface area (Å²) >= 11 is 5.93. The van der Waals surface area contributed by atoms with E-state index in [1.54, 1.807) is 32.9 Å². The van der Waals surface area contributed by atoms with Gasteiger partial charge in [0.25, 0.3) is 0 Å². The topological polar surface area (TPSA) is 142 Å². The van der Waals surface area contributed by atoms with Gasteiger partial charge in [-0.15, -0.1) is 0 Å². The number of fused-ring (bicyclic) bond motifs is 2. The fourth-order valence-electron chi connectivity index (χ4n) is 5.96. The molecular weight excluding hydrogens is 608 g/mol. The molecule has 44 heavy (non-hydrogen) atoms. The zero-order valence-electron chi connectivity index (χ0n) is 25.8. The smallest absolute Gasteiger partial charge is 0.408 e. The van der Waals surface area contributed by atoms with E-state index in [-0.39, 0.29) is 24.0 Å². The van der Waals surface area contributed by atoms with Crippen molar-refractivity contribution in [1.82, 2.24) is 14.9 Å². The van der Waals surface area contributed by atoms with E-state index < -0.39 is 45.3 Å². The number of carbonyl (C=O) groups excluding carboxylic acids is 4. The molecule has 0 unspecified atom stereocenters. The zero-order chi connectivity index (χ0) is 32.3. The summed E-state index contributed by atoms with van der Waals surface area (Å²) < 4.78 is 35.0. The van der Waals surface area contributed by atoms with Crippen LogP contribution in [0.25, 0.3) is 0 Å². The highest BCUT2D eigenvalue weighted by molar-refractivity contribution is 7.91. The first-order valence-electron chi connectivity index (χ1n) is 15.2. The van der Waals surface area contributed by atoms with Crippen molar-refractivity contribution in [1.29, 1.82) is 0 Å². The van der Waals surface area contributed by atoms with Gasteiger partial charge in [0.1, 0.15) is 11.6 Å². The lowest BCUT2D eigenvalue weighted by Gasteiger charge is -2.30. The largest absolute Gasteiger partial charge is 0.444 e. The van der Waals surface area contributed by atoms with Crippen LogP contribution in [0.3, 0.4) is 0 Å². The summed E-state index contributed by atoms with van der Waals surface area (Å²) in [6.45, 7) is 5.58. The number of rotatable bonds is 5. The van der Waals surface area contributed by atoms with Crippen LogP contribution in [0.1, 0.15) is 78.6 Å². The van der Waals surface area contributed by atoms with E-state index >= 15 is 0 Å². The minimum Gasteiger partial charge on any atom is -0.444 e. The van der Waals surface area contributed by atoms with Crippen LogP contribution in [0.2, 0.25) is 5.02 Å². The molecule has 2 heterocycles. The Labute approximate surface area is 264 Å². The molecule has 3 aliphatic rings. The number of Topliss-reactive ketones (excluding diaryl/α,β-unsaturated/α-hetero) is 1. The van der Waals surface area contributed by atoms with Crippen molar-refractivity contribution >= 4 is 51.2 Å². The van der Waals surface area contributed by atoms with Crippen molar-refractivity contribution in [3.63, 3.8) is 0 Å². The number of halogens is 1. The summed E-state index contributed by atoms with van der Waals surface area (Å²) in [7, 11) is -2.96. The maximum Gasteiger partial charge on any atom is 0.408 e.